The van der Waals surface area contributed by atoms with E-state index in [0.29, 0.717) is 5.92 Å². The van der Waals surface area contributed by atoms with Gasteiger partial charge in [-0.15, -0.1) is 0 Å². The van der Waals surface area contributed by atoms with Crippen LogP contribution in [0.25, 0.3) is 0 Å². The number of hydrogen-bond acceptors (Lipinski definition) is 3. The molecule has 0 amide bonds. The van der Waals surface area contributed by atoms with Gasteiger partial charge in [0.15, 0.2) is 0 Å². The first-order valence-corrected chi connectivity index (χ1v) is 6.21. The Morgan fingerprint density at radius 1 is 1.44 bits per heavy atom. The molecule has 0 aromatic carbocycles. The molecule has 0 aliphatic carbocycles. The summed E-state index contributed by atoms with van der Waals surface area (Å²) in [4.78, 5) is 13.3. The lowest BCUT2D eigenvalue weighted by molar-refractivity contribution is -0.142. The highest BCUT2D eigenvalue weighted by Gasteiger charge is 2.45. The highest BCUT2D eigenvalue weighted by atomic mass is 16.4. The Hall–Kier alpha value is -0.610. The van der Waals surface area contributed by atoms with Crippen LogP contribution in [0.15, 0.2) is 0 Å². The SMILES string of the molecule is CC1CCN(C2(CC(=O)O)CNC2)CC1C. The molecule has 2 aliphatic rings. The second kappa shape index (κ2) is 4.34. The molecule has 0 spiro atoms. The van der Waals surface area contributed by atoms with Crippen LogP contribution in [0.2, 0.25) is 0 Å². The fourth-order valence-corrected chi connectivity index (χ4v) is 2.85. The van der Waals surface area contributed by atoms with Gasteiger partial charge in [0.1, 0.15) is 0 Å². The Bertz CT molecular complexity index is 276. The normalized spacial score (nSPS) is 34.4. The molecule has 4 nitrogen and oxygen atoms in total. The van der Waals surface area contributed by atoms with Crippen LogP contribution in [-0.2, 0) is 4.79 Å². The topological polar surface area (TPSA) is 52.6 Å². The van der Waals surface area contributed by atoms with Crippen molar-refractivity contribution in [1.82, 2.24) is 10.2 Å². The van der Waals surface area contributed by atoms with E-state index in [0.717, 1.165) is 32.1 Å². The van der Waals surface area contributed by atoms with Gasteiger partial charge in [-0.2, -0.15) is 0 Å². The molecular weight excluding hydrogens is 204 g/mol. The summed E-state index contributed by atoms with van der Waals surface area (Å²) in [5.74, 6) is 0.777. The van der Waals surface area contributed by atoms with Crippen molar-refractivity contribution in [3.05, 3.63) is 0 Å². The van der Waals surface area contributed by atoms with Crippen molar-refractivity contribution < 1.29 is 9.90 Å². The van der Waals surface area contributed by atoms with Gasteiger partial charge in [-0.05, 0) is 24.8 Å². The van der Waals surface area contributed by atoms with Crippen LogP contribution < -0.4 is 5.32 Å². The van der Waals surface area contributed by atoms with E-state index in [-0.39, 0.29) is 12.0 Å². The number of carboxylic acids is 1. The van der Waals surface area contributed by atoms with Crippen molar-refractivity contribution in [1.29, 1.82) is 0 Å². The molecule has 0 aromatic rings. The summed E-state index contributed by atoms with van der Waals surface area (Å²) in [6.07, 6.45) is 1.48. The van der Waals surface area contributed by atoms with E-state index in [9.17, 15) is 4.79 Å². The van der Waals surface area contributed by atoms with E-state index in [1.807, 2.05) is 0 Å². The number of hydrogen-bond donors (Lipinski definition) is 2. The van der Waals surface area contributed by atoms with E-state index < -0.39 is 5.97 Å². The van der Waals surface area contributed by atoms with Crippen molar-refractivity contribution in [2.75, 3.05) is 26.2 Å². The highest BCUT2D eigenvalue weighted by molar-refractivity contribution is 5.68. The molecule has 0 bridgehead atoms. The molecule has 2 aliphatic heterocycles. The van der Waals surface area contributed by atoms with Gasteiger partial charge >= 0.3 is 5.97 Å². The monoisotopic (exact) mass is 226 g/mol. The Kier molecular flexibility index (Phi) is 3.22. The van der Waals surface area contributed by atoms with Gasteiger partial charge in [-0.1, -0.05) is 13.8 Å². The summed E-state index contributed by atoms with van der Waals surface area (Å²) in [5, 5.41) is 12.2. The number of nitrogens with zero attached hydrogens (tertiary/aromatic N) is 1. The van der Waals surface area contributed by atoms with Crippen LogP contribution >= 0.6 is 0 Å². The van der Waals surface area contributed by atoms with Crippen LogP contribution in [-0.4, -0.2) is 47.7 Å². The number of piperidine rings is 1. The Labute approximate surface area is 97.0 Å². The third-order valence-corrected chi connectivity index (χ3v) is 4.39. The first-order valence-electron chi connectivity index (χ1n) is 6.21. The maximum atomic E-state index is 10.9. The van der Waals surface area contributed by atoms with Gasteiger partial charge in [0.25, 0.3) is 0 Å². The summed E-state index contributed by atoms with van der Waals surface area (Å²) in [6.45, 7) is 8.35. The minimum atomic E-state index is -0.673. The number of carbonyl (C=O) groups is 1. The third kappa shape index (κ3) is 2.09. The molecule has 0 radical (unpaired) electrons. The highest BCUT2D eigenvalue weighted by Crippen LogP contribution is 2.32. The van der Waals surface area contributed by atoms with Crippen molar-refractivity contribution in [2.45, 2.75) is 32.2 Å². The van der Waals surface area contributed by atoms with Gasteiger partial charge in [0.2, 0.25) is 0 Å². The zero-order valence-electron chi connectivity index (χ0n) is 10.2. The van der Waals surface area contributed by atoms with Gasteiger partial charge in [-0.3, -0.25) is 9.69 Å². The molecule has 2 atom stereocenters. The van der Waals surface area contributed by atoms with Crippen LogP contribution in [0.4, 0.5) is 0 Å². The summed E-state index contributed by atoms with van der Waals surface area (Å²) in [6, 6.07) is 0. The van der Waals surface area contributed by atoms with E-state index in [2.05, 4.69) is 24.1 Å². The van der Waals surface area contributed by atoms with Gasteiger partial charge in [0.05, 0.1) is 12.0 Å². The molecule has 2 unspecified atom stereocenters. The Morgan fingerprint density at radius 3 is 2.56 bits per heavy atom. The van der Waals surface area contributed by atoms with E-state index in [4.69, 9.17) is 5.11 Å². The molecule has 2 rings (SSSR count). The molecule has 2 heterocycles. The fraction of sp³-hybridized carbons (Fsp3) is 0.917. The minimum absolute atomic E-state index is 0.0970. The van der Waals surface area contributed by atoms with Crippen LogP contribution in [0.3, 0.4) is 0 Å². The third-order valence-electron chi connectivity index (χ3n) is 4.39. The summed E-state index contributed by atoms with van der Waals surface area (Å²) < 4.78 is 0. The summed E-state index contributed by atoms with van der Waals surface area (Å²) >= 11 is 0. The van der Waals surface area contributed by atoms with Crippen molar-refractivity contribution in [2.24, 2.45) is 11.8 Å². The van der Waals surface area contributed by atoms with Gasteiger partial charge in [-0.25, -0.2) is 0 Å². The molecule has 0 aromatic heterocycles. The number of carboxylic acid groups (broad SMARTS) is 1. The average molecular weight is 226 g/mol. The van der Waals surface area contributed by atoms with Crippen molar-refractivity contribution in [3.63, 3.8) is 0 Å². The molecular formula is C12H22N2O2. The summed E-state index contributed by atoms with van der Waals surface area (Å²) in [5.41, 5.74) is -0.0970. The fourth-order valence-electron chi connectivity index (χ4n) is 2.85. The molecule has 2 saturated heterocycles. The quantitative estimate of drug-likeness (QED) is 0.747. The molecule has 2 fully saturated rings. The second-order valence-corrected chi connectivity index (χ2v) is 5.59. The number of nitrogens with one attached hydrogen (secondary N) is 1. The zero-order valence-corrected chi connectivity index (χ0v) is 10.2. The standard InChI is InChI=1S/C12H22N2O2/c1-9-3-4-14(6-10(9)2)12(5-11(15)16)7-13-8-12/h9-10,13H,3-8H2,1-2H3,(H,15,16). The lowest BCUT2D eigenvalue weighted by Crippen LogP contribution is -2.71. The molecule has 92 valence electrons. The van der Waals surface area contributed by atoms with Crippen LogP contribution in [0.1, 0.15) is 26.7 Å². The van der Waals surface area contributed by atoms with E-state index >= 15 is 0 Å². The van der Waals surface area contributed by atoms with Crippen LogP contribution in [0.5, 0.6) is 0 Å². The Balaban J connectivity index is 2.02. The number of aliphatic carboxylic acids is 1. The van der Waals surface area contributed by atoms with Crippen LogP contribution in [0, 0.1) is 11.8 Å². The van der Waals surface area contributed by atoms with E-state index in [1.54, 1.807) is 0 Å². The Morgan fingerprint density at radius 2 is 2.12 bits per heavy atom. The van der Waals surface area contributed by atoms with Crippen molar-refractivity contribution in [3.8, 4) is 0 Å². The molecule has 2 N–H and O–H groups in total. The first kappa shape index (κ1) is 11.9. The van der Waals surface area contributed by atoms with Gasteiger partial charge in [0, 0.05) is 19.6 Å². The maximum Gasteiger partial charge on any atom is 0.305 e. The molecule has 16 heavy (non-hydrogen) atoms. The number of rotatable bonds is 3. The smallest absolute Gasteiger partial charge is 0.305 e. The molecule has 4 heteroatoms. The molecule has 0 saturated carbocycles. The lowest BCUT2D eigenvalue weighted by Gasteiger charge is -2.53. The zero-order chi connectivity index (χ0) is 11.8. The van der Waals surface area contributed by atoms with Gasteiger partial charge < -0.3 is 10.4 Å². The predicted octanol–water partition coefficient (Wildman–Crippen LogP) is 0.781. The largest absolute Gasteiger partial charge is 0.481 e. The van der Waals surface area contributed by atoms with Crippen molar-refractivity contribution >= 4 is 5.97 Å². The minimum Gasteiger partial charge on any atom is -0.481 e. The predicted molar refractivity (Wildman–Crippen MR) is 62.4 cm³/mol. The van der Waals surface area contributed by atoms with E-state index in [1.165, 1.54) is 6.42 Å². The second-order valence-electron chi connectivity index (χ2n) is 5.59. The maximum absolute atomic E-state index is 10.9. The average Bonchev–Trinajstić information content (AvgIpc) is 2.16. The summed E-state index contributed by atoms with van der Waals surface area (Å²) in [7, 11) is 0. The number of likely N-dealkylation sites (tertiary alicyclic amines) is 1. The lowest BCUT2D eigenvalue weighted by atomic mass is 9.80. The first-order chi connectivity index (χ1) is 7.53.